The van der Waals surface area contributed by atoms with E-state index >= 15 is 0 Å². The maximum atomic E-state index is 14.5. The van der Waals surface area contributed by atoms with Crippen molar-refractivity contribution in [2.75, 3.05) is 13.1 Å². The van der Waals surface area contributed by atoms with Gasteiger partial charge in [-0.15, -0.1) is 11.3 Å². The highest BCUT2D eigenvalue weighted by Gasteiger charge is 2.50. The number of aliphatic hydroxyl groups is 1. The average Bonchev–Trinajstić information content (AvgIpc) is 3.05. The lowest BCUT2D eigenvalue weighted by atomic mass is 9.88. The molecular weight excluding hydrogens is 360 g/mol. The number of benzene rings is 1. The van der Waals surface area contributed by atoms with Crippen LogP contribution in [0.5, 0.6) is 0 Å². The molecule has 1 atom stereocenters. The number of hydrogen-bond acceptors (Lipinski definition) is 4. The zero-order valence-electron chi connectivity index (χ0n) is 12.9. The summed E-state index contributed by atoms with van der Waals surface area (Å²) in [5.41, 5.74) is -1.21. The van der Waals surface area contributed by atoms with Crippen molar-refractivity contribution >= 4 is 27.3 Å². The molecule has 2 saturated heterocycles. The number of halogens is 4. The number of nitrogens with zero attached hydrogens (tertiary/aromatic N) is 1. The van der Waals surface area contributed by atoms with Crippen molar-refractivity contribution in [3.8, 4) is 0 Å². The molecule has 2 N–H and O–H groups in total. The van der Waals surface area contributed by atoms with E-state index in [0.29, 0.717) is 25.9 Å². The van der Waals surface area contributed by atoms with Crippen LogP contribution in [0.4, 0.5) is 17.6 Å². The van der Waals surface area contributed by atoms with Gasteiger partial charge in [0.1, 0.15) is 12.0 Å². The van der Waals surface area contributed by atoms with Crippen LogP contribution in [0.25, 0.3) is 10.1 Å². The lowest BCUT2D eigenvalue weighted by Gasteiger charge is -2.49. The number of alkyl halides is 3. The highest BCUT2D eigenvalue weighted by atomic mass is 32.1. The van der Waals surface area contributed by atoms with E-state index in [4.69, 9.17) is 0 Å². The van der Waals surface area contributed by atoms with E-state index in [1.54, 1.807) is 4.90 Å². The summed E-state index contributed by atoms with van der Waals surface area (Å²) < 4.78 is 53.1. The smallest absolute Gasteiger partial charge is 0.373 e. The Morgan fingerprint density at radius 3 is 2.64 bits per heavy atom. The predicted molar refractivity (Wildman–Crippen MR) is 83.4 cm³/mol. The SMILES string of the molecule is O=C1CCC2(CN(C(O)c3sc4cc(C(F)(F)F)ccc4c3F)C2)N1. The van der Waals surface area contributed by atoms with Crippen molar-refractivity contribution in [3.63, 3.8) is 0 Å². The first-order valence-electron chi connectivity index (χ1n) is 7.71. The molecule has 25 heavy (non-hydrogen) atoms. The van der Waals surface area contributed by atoms with Crippen molar-refractivity contribution in [2.45, 2.75) is 30.8 Å². The number of carbonyl (C=O) groups is 1. The summed E-state index contributed by atoms with van der Waals surface area (Å²) in [6, 6.07) is 2.82. The first-order valence-corrected chi connectivity index (χ1v) is 8.52. The Kier molecular flexibility index (Phi) is 3.61. The Balaban J connectivity index is 1.59. The van der Waals surface area contributed by atoms with Gasteiger partial charge in [0.15, 0.2) is 0 Å². The van der Waals surface area contributed by atoms with Crippen LogP contribution in [-0.2, 0) is 11.0 Å². The summed E-state index contributed by atoms with van der Waals surface area (Å²) >= 11 is 0.817. The quantitative estimate of drug-likeness (QED) is 0.795. The normalized spacial score (nSPS) is 21.6. The number of likely N-dealkylation sites (tertiary alicyclic amines) is 1. The van der Waals surface area contributed by atoms with Gasteiger partial charge in [0.25, 0.3) is 0 Å². The molecule has 1 aromatic heterocycles. The highest BCUT2D eigenvalue weighted by Crippen LogP contribution is 2.42. The minimum Gasteiger partial charge on any atom is -0.373 e. The number of nitrogens with one attached hydrogen (secondary N) is 1. The van der Waals surface area contributed by atoms with E-state index in [9.17, 15) is 27.5 Å². The number of hydrogen-bond donors (Lipinski definition) is 2. The third-order valence-corrected chi connectivity index (χ3v) is 5.98. The van der Waals surface area contributed by atoms with Gasteiger partial charge in [-0.05, 0) is 24.6 Å². The van der Waals surface area contributed by atoms with E-state index < -0.39 is 23.8 Å². The first kappa shape index (κ1) is 16.7. The molecule has 9 heteroatoms. The van der Waals surface area contributed by atoms with Crippen LogP contribution in [0.2, 0.25) is 0 Å². The van der Waals surface area contributed by atoms with Crippen molar-refractivity contribution in [2.24, 2.45) is 0 Å². The lowest BCUT2D eigenvalue weighted by molar-refractivity contribution is -0.137. The molecule has 1 aromatic carbocycles. The third kappa shape index (κ3) is 2.70. The zero-order valence-corrected chi connectivity index (χ0v) is 13.7. The summed E-state index contributed by atoms with van der Waals surface area (Å²) in [5.74, 6) is -0.737. The summed E-state index contributed by atoms with van der Waals surface area (Å²) in [5, 5.41) is 13.3. The maximum Gasteiger partial charge on any atom is 0.416 e. The van der Waals surface area contributed by atoms with Crippen LogP contribution in [0.15, 0.2) is 18.2 Å². The van der Waals surface area contributed by atoms with Gasteiger partial charge in [-0.2, -0.15) is 13.2 Å². The van der Waals surface area contributed by atoms with Crippen LogP contribution in [0.3, 0.4) is 0 Å². The molecule has 1 unspecified atom stereocenters. The van der Waals surface area contributed by atoms with Crippen LogP contribution < -0.4 is 5.32 Å². The second-order valence-electron chi connectivity index (χ2n) is 6.60. The largest absolute Gasteiger partial charge is 0.416 e. The van der Waals surface area contributed by atoms with Crippen molar-refractivity contribution in [1.29, 1.82) is 0 Å². The Morgan fingerprint density at radius 2 is 2.04 bits per heavy atom. The molecule has 4 rings (SSSR count). The molecule has 1 spiro atoms. The van der Waals surface area contributed by atoms with E-state index in [0.717, 1.165) is 29.5 Å². The Bertz CT molecular complexity index is 858. The Morgan fingerprint density at radius 1 is 1.32 bits per heavy atom. The van der Waals surface area contributed by atoms with Crippen LogP contribution in [-0.4, -0.2) is 34.5 Å². The number of amides is 1. The topological polar surface area (TPSA) is 52.6 Å². The molecule has 2 aromatic rings. The summed E-state index contributed by atoms with van der Waals surface area (Å²) in [6.45, 7) is 0.781. The zero-order chi connectivity index (χ0) is 18.0. The lowest BCUT2D eigenvalue weighted by Crippen LogP contribution is -2.67. The predicted octanol–water partition coefficient (Wildman–Crippen LogP) is 3.01. The fourth-order valence-electron chi connectivity index (χ4n) is 3.51. The number of rotatable bonds is 2. The van der Waals surface area contributed by atoms with Gasteiger partial charge >= 0.3 is 6.18 Å². The third-order valence-electron chi connectivity index (χ3n) is 4.81. The summed E-state index contributed by atoms with van der Waals surface area (Å²) in [4.78, 5) is 12.9. The minimum atomic E-state index is -4.50. The van der Waals surface area contributed by atoms with E-state index in [1.807, 2.05) is 0 Å². The second-order valence-corrected chi connectivity index (χ2v) is 7.68. The van der Waals surface area contributed by atoms with Crippen molar-refractivity contribution < 1.29 is 27.5 Å². The molecule has 0 radical (unpaired) electrons. The highest BCUT2D eigenvalue weighted by molar-refractivity contribution is 7.19. The van der Waals surface area contributed by atoms with Gasteiger partial charge in [-0.3, -0.25) is 9.69 Å². The molecule has 2 aliphatic rings. The van der Waals surface area contributed by atoms with Gasteiger partial charge in [-0.25, -0.2) is 4.39 Å². The molecule has 4 nitrogen and oxygen atoms in total. The van der Waals surface area contributed by atoms with E-state index in [2.05, 4.69) is 5.32 Å². The van der Waals surface area contributed by atoms with Crippen LogP contribution >= 0.6 is 11.3 Å². The van der Waals surface area contributed by atoms with E-state index in [-0.39, 0.29) is 26.4 Å². The standard InChI is InChI=1S/C16H14F4N2O2S/c17-12-9-2-1-8(16(18,19)20)5-10(9)25-13(12)14(24)22-6-15(7-22)4-3-11(23)21-15/h1-2,5,14,24H,3-4,6-7H2,(H,21,23). The molecule has 0 saturated carbocycles. The van der Waals surface area contributed by atoms with Gasteiger partial charge < -0.3 is 10.4 Å². The van der Waals surface area contributed by atoms with Gasteiger partial charge in [0, 0.05) is 29.6 Å². The average molecular weight is 374 g/mol. The number of carbonyl (C=O) groups excluding carboxylic acids is 1. The maximum absolute atomic E-state index is 14.5. The van der Waals surface area contributed by atoms with Crippen molar-refractivity contribution in [1.82, 2.24) is 10.2 Å². The van der Waals surface area contributed by atoms with Crippen LogP contribution in [0, 0.1) is 5.82 Å². The molecular formula is C16H14F4N2O2S. The fraction of sp³-hybridized carbons (Fsp3) is 0.438. The molecule has 3 heterocycles. The minimum absolute atomic E-state index is 0.00602. The Labute approximate surface area is 144 Å². The van der Waals surface area contributed by atoms with Crippen molar-refractivity contribution in [3.05, 3.63) is 34.5 Å². The molecule has 134 valence electrons. The Hall–Kier alpha value is -1.71. The summed E-state index contributed by atoms with van der Waals surface area (Å²) in [6.07, 6.45) is -4.65. The van der Waals surface area contributed by atoms with Gasteiger partial charge in [0.05, 0.1) is 16.0 Å². The summed E-state index contributed by atoms with van der Waals surface area (Å²) in [7, 11) is 0. The fourth-order valence-corrected chi connectivity index (χ4v) is 4.65. The molecule has 0 bridgehead atoms. The van der Waals surface area contributed by atoms with Gasteiger partial charge in [0.2, 0.25) is 5.91 Å². The monoisotopic (exact) mass is 374 g/mol. The molecule has 1 amide bonds. The number of aliphatic hydroxyl groups excluding tert-OH is 1. The van der Waals surface area contributed by atoms with Gasteiger partial charge in [-0.1, -0.05) is 0 Å². The number of fused-ring (bicyclic) bond motifs is 1. The number of thiophene rings is 1. The molecule has 0 aliphatic carbocycles. The molecule has 2 fully saturated rings. The van der Waals surface area contributed by atoms with Crippen LogP contribution in [0.1, 0.15) is 29.5 Å². The molecule has 2 aliphatic heterocycles. The first-order chi connectivity index (χ1) is 11.7. The van der Waals surface area contributed by atoms with E-state index in [1.165, 1.54) is 0 Å². The second kappa shape index (κ2) is 5.39.